The fourth-order valence-electron chi connectivity index (χ4n) is 4.63. The number of hydrogen-bond acceptors (Lipinski definition) is 6. The van der Waals surface area contributed by atoms with Gasteiger partial charge in [-0.1, -0.05) is 24.3 Å². The van der Waals surface area contributed by atoms with E-state index in [0.29, 0.717) is 30.1 Å². The van der Waals surface area contributed by atoms with Gasteiger partial charge in [0.25, 0.3) is 5.91 Å². The first-order valence-corrected chi connectivity index (χ1v) is 11.5. The molecule has 0 aliphatic carbocycles. The first-order valence-electron chi connectivity index (χ1n) is 11.5. The largest absolute Gasteiger partial charge is 0.460 e. The van der Waals surface area contributed by atoms with E-state index in [0.717, 1.165) is 47.8 Å². The molecule has 0 atom stereocenters. The molecule has 1 saturated heterocycles. The van der Waals surface area contributed by atoms with E-state index in [9.17, 15) is 4.79 Å². The van der Waals surface area contributed by atoms with Gasteiger partial charge in [-0.3, -0.25) is 9.69 Å². The van der Waals surface area contributed by atoms with Gasteiger partial charge in [0, 0.05) is 38.1 Å². The predicted octanol–water partition coefficient (Wildman–Crippen LogP) is 4.49. The molecular formula is C27H25N3O4. The average molecular weight is 456 g/mol. The summed E-state index contributed by atoms with van der Waals surface area (Å²) in [5, 5.41) is 0.863. The molecular weight excluding hydrogens is 430 g/mol. The number of aryl methyl sites for hydroxylation is 1. The molecule has 2 aromatic carbocycles. The van der Waals surface area contributed by atoms with Crippen molar-refractivity contribution in [1.29, 1.82) is 0 Å². The highest BCUT2D eigenvalue weighted by molar-refractivity contribution is 6.07. The Labute approximate surface area is 197 Å². The van der Waals surface area contributed by atoms with E-state index in [-0.39, 0.29) is 12.7 Å². The SMILES string of the molecule is Cc1ccc(-c2cc(C(=O)N3CCN(Cc4ccc5c(c4)OCO5)CC3)c3ccccc3n2)o1. The van der Waals surface area contributed by atoms with Crippen LogP contribution in [0.1, 0.15) is 21.7 Å². The van der Waals surface area contributed by atoms with Crippen LogP contribution in [-0.2, 0) is 6.54 Å². The third-order valence-electron chi connectivity index (χ3n) is 6.44. The highest BCUT2D eigenvalue weighted by Crippen LogP contribution is 2.33. The number of nitrogens with zero attached hydrogens (tertiary/aromatic N) is 3. The van der Waals surface area contributed by atoms with Gasteiger partial charge < -0.3 is 18.8 Å². The van der Waals surface area contributed by atoms with Crippen LogP contribution >= 0.6 is 0 Å². The summed E-state index contributed by atoms with van der Waals surface area (Å²) < 4.78 is 16.7. The molecule has 1 fully saturated rings. The Morgan fingerprint density at radius 3 is 2.59 bits per heavy atom. The number of aromatic nitrogens is 1. The molecule has 34 heavy (non-hydrogen) atoms. The zero-order chi connectivity index (χ0) is 23.1. The molecule has 0 bridgehead atoms. The second kappa shape index (κ2) is 8.50. The van der Waals surface area contributed by atoms with Crippen LogP contribution in [0.3, 0.4) is 0 Å². The van der Waals surface area contributed by atoms with E-state index < -0.39 is 0 Å². The van der Waals surface area contributed by atoms with Gasteiger partial charge in [-0.2, -0.15) is 0 Å². The summed E-state index contributed by atoms with van der Waals surface area (Å²) in [7, 11) is 0. The maximum Gasteiger partial charge on any atom is 0.254 e. The van der Waals surface area contributed by atoms with Gasteiger partial charge in [-0.25, -0.2) is 4.98 Å². The fourth-order valence-corrected chi connectivity index (χ4v) is 4.63. The number of amides is 1. The lowest BCUT2D eigenvalue weighted by Crippen LogP contribution is -2.48. The van der Waals surface area contributed by atoms with E-state index in [1.54, 1.807) is 0 Å². The third-order valence-corrected chi connectivity index (χ3v) is 6.44. The summed E-state index contributed by atoms with van der Waals surface area (Å²) >= 11 is 0. The monoisotopic (exact) mass is 455 g/mol. The van der Waals surface area contributed by atoms with Gasteiger partial charge in [-0.15, -0.1) is 0 Å². The smallest absolute Gasteiger partial charge is 0.254 e. The molecule has 4 aromatic rings. The number of para-hydroxylation sites is 1. The molecule has 172 valence electrons. The van der Waals surface area contributed by atoms with E-state index in [2.05, 4.69) is 11.0 Å². The topological polar surface area (TPSA) is 68.0 Å². The summed E-state index contributed by atoms with van der Waals surface area (Å²) in [5.41, 5.74) is 3.32. The lowest BCUT2D eigenvalue weighted by Gasteiger charge is -2.35. The van der Waals surface area contributed by atoms with Crippen LogP contribution in [0.2, 0.25) is 0 Å². The van der Waals surface area contributed by atoms with E-state index in [4.69, 9.17) is 18.9 Å². The molecule has 0 radical (unpaired) electrons. The van der Waals surface area contributed by atoms with Crippen molar-refractivity contribution in [2.45, 2.75) is 13.5 Å². The number of hydrogen-bond donors (Lipinski definition) is 0. The first kappa shape index (κ1) is 20.7. The Hall–Kier alpha value is -3.84. The van der Waals surface area contributed by atoms with E-state index >= 15 is 0 Å². The highest BCUT2D eigenvalue weighted by atomic mass is 16.7. The van der Waals surface area contributed by atoms with Crippen LogP contribution in [0.15, 0.2) is 65.1 Å². The van der Waals surface area contributed by atoms with Crippen molar-refractivity contribution in [2.75, 3.05) is 33.0 Å². The number of ether oxygens (including phenoxy) is 2. The number of carbonyl (C=O) groups is 1. The number of carbonyl (C=O) groups excluding carboxylic acids is 1. The molecule has 0 unspecified atom stereocenters. The van der Waals surface area contributed by atoms with Gasteiger partial charge >= 0.3 is 0 Å². The number of furan rings is 1. The van der Waals surface area contributed by atoms with Crippen LogP contribution in [0.25, 0.3) is 22.4 Å². The van der Waals surface area contributed by atoms with Crippen molar-refractivity contribution < 1.29 is 18.7 Å². The van der Waals surface area contributed by atoms with Crippen molar-refractivity contribution in [1.82, 2.24) is 14.8 Å². The minimum absolute atomic E-state index is 0.0332. The predicted molar refractivity (Wildman–Crippen MR) is 128 cm³/mol. The molecule has 2 aliphatic rings. The van der Waals surface area contributed by atoms with Crippen LogP contribution < -0.4 is 9.47 Å². The second-order valence-corrected chi connectivity index (χ2v) is 8.74. The summed E-state index contributed by atoms with van der Waals surface area (Å²) in [4.78, 5) is 22.7. The van der Waals surface area contributed by atoms with E-state index in [1.165, 1.54) is 5.56 Å². The van der Waals surface area contributed by atoms with Gasteiger partial charge in [0.15, 0.2) is 17.3 Å². The fraction of sp³-hybridized carbons (Fsp3) is 0.259. The van der Waals surface area contributed by atoms with Gasteiger partial charge in [0.05, 0.1) is 11.1 Å². The maximum atomic E-state index is 13.6. The lowest BCUT2D eigenvalue weighted by atomic mass is 10.0. The molecule has 2 aliphatic heterocycles. The molecule has 1 amide bonds. The number of benzene rings is 2. The molecule has 6 rings (SSSR count). The molecule has 2 aromatic heterocycles. The highest BCUT2D eigenvalue weighted by Gasteiger charge is 2.25. The average Bonchev–Trinajstić information content (AvgIpc) is 3.52. The Bertz CT molecular complexity index is 1370. The summed E-state index contributed by atoms with van der Waals surface area (Å²) in [6, 6.07) is 19.5. The number of fused-ring (bicyclic) bond motifs is 2. The molecule has 7 heteroatoms. The molecule has 0 N–H and O–H groups in total. The third kappa shape index (κ3) is 3.88. The first-order chi connectivity index (χ1) is 16.6. The van der Waals surface area contributed by atoms with Gasteiger partial charge in [0.1, 0.15) is 11.5 Å². The molecule has 7 nitrogen and oxygen atoms in total. The summed E-state index contributed by atoms with van der Waals surface area (Å²) in [6.45, 7) is 5.98. The zero-order valence-corrected chi connectivity index (χ0v) is 19.0. The number of piperazine rings is 1. The van der Waals surface area contributed by atoms with Crippen LogP contribution in [0, 0.1) is 6.92 Å². The Kier molecular flexibility index (Phi) is 5.19. The minimum atomic E-state index is 0.0332. The van der Waals surface area contributed by atoms with Crippen LogP contribution in [0.4, 0.5) is 0 Å². The van der Waals surface area contributed by atoms with Crippen LogP contribution in [-0.4, -0.2) is 53.7 Å². The van der Waals surface area contributed by atoms with Crippen molar-refractivity contribution >= 4 is 16.8 Å². The Balaban J connectivity index is 1.20. The molecule has 0 spiro atoms. The van der Waals surface area contributed by atoms with Crippen molar-refractivity contribution in [3.05, 3.63) is 77.6 Å². The molecule has 4 heterocycles. The van der Waals surface area contributed by atoms with Gasteiger partial charge in [-0.05, 0) is 48.9 Å². The standard InChI is InChI=1S/C27H25N3O4/c1-18-6-8-24(34-18)23-15-21(20-4-2-3-5-22(20)28-23)27(31)30-12-10-29(11-13-30)16-19-7-9-25-26(14-19)33-17-32-25/h2-9,14-15H,10-13,16-17H2,1H3. The number of pyridine rings is 1. The van der Waals surface area contributed by atoms with Crippen molar-refractivity contribution in [2.24, 2.45) is 0 Å². The molecule has 0 saturated carbocycles. The summed E-state index contributed by atoms with van der Waals surface area (Å²) in [5.74, 6) is 3.12. The Morgan fingerprint density at radius 1 is 0.941 bits per heavy atom. The van der Waals surface area contributed by atoms with E-state index in [1.807, 2.05) is 66.4 Å². The van der Waals surface area contributed by atoms with Crippen LogP contribution in [0.5, 0.6) is 11.5 Å². The number of rotatable bonds is 4. The lowest BCUT2D eigenvalue weighted by molar-refractivity contribution is 0.0630. The Morgan fingerprint density at radius 2 is 1.76 bits per heavy atom. The quantitative estimate of drug-likeness (QED) is 0.452. The minimum Gasteiger partial charge on any atom is -0.460 e. The normalized spacial score (nSPS) is 15.7. The zero-order valence-electron chi connectivity index (χ0n) is 19.0. The summed E-state index contributed by atoms with van der Waals surface area (Å²) in [6.07, 6.45) is 0. The van der Waals surface area contributed by atoms with Gasteiger partial charge in [0.2, 0.25) is 6.79 Å². The van der Waals surface area contributed by atoms with Crippen molar-refractivity contribution in [3.63, 3.8) is 0 Å². The second-order valence-electron chi connectivity index (χ2n) is 8.74. The van der Waals surface area contributed by atoms with Crippen molar-refractivity contribution in [3.8, 4) is 23.0 Å². The maximum absolute atomic E-state index is 13.6.